The third kappa shape index (κ3) is 3.64. The summed E-state index contributed by atoms with van der Waals surface area (Å²) in [6.07, 6.45) is 4.41. The molecule has 0 bridgehead atoms. The number of rotatable bonds is 5. The van der Waals surface area contributed by atoms with E-state index >= 15 is 0 Å². The number of hydrogen-bond acceptors (Lipinski definition) is 4. The normalized spacial score (nSPS) is 14.5. The minimum atomic E-state index is -0.408. The smallest absolute Gasteiger partial charge is 0.273 e. The van der Waals surface area contributed by atoms with Gasteiger partial charge in [0.05, 0.1) is 6.54 Å². The molecule has 0 atom stereocenters. The number of amides is 2. The van der Waals surface area contributed by atoms with Crippen molar-refractivity contribution in [1.29, 1.82) is 0 Å². The molecule has 1 aliphatic carbocycles. The van der Waals surface area contributed by atoms with E-state index in [9.17, 15) is 9.59 Å². The monoisotopic (exact) mass is 327 g/mol. The van der Waals surface area contributed by atoms with Crippen LogP contribution in [0.3, 0.4) is 0 Å². The largest absolute Gasteiger partial charge is 0.355 e. The summed E-state index contributed by atoms with van der Waals surface area (Å²) < 4.78 is 5.20. The summed E-state index contributed by atoms with van der Waals surface area (Å²) in [5, 5.41) is 6.40. The standard InChI is InChI=1S/C18H21N3O3/c1-21(14-9-5-6-10-14)17(22)12-19-18(23)15-11-16(24-20-15)13-7-3-2-4-8-13/h2-4,7-8,11,14H,5-6,9-10,12H2,1H3,(H,19,23). The van der Waals surface area contributed by atoms with E-state index in [1.54, 1.807) is 18.0 Å². The van der Waals surface area contributed by atoms with Crippen molar-refractivity contribution in [2.45, 2.75) is 31.7 Å². The fourth-order valence-electron chi connectivity index (χ4n) is 2.99. The zero-order chi connectivity index (χ0) is 16.9. The molecule has 6 nitrogen and oxygen atoms in total. The van der Waals surface area contributed by atoms with E-state index < -0.39 is 5.91 Å². The molecule has 0 spiro atoms. The number of hydrogen-bond donors (Lipinski definition) is 1. The summed E-state index contributed by atoms with van der Waals surface area (Å²) in [6, 6.07) is 11.3. The highest BCUT2D eigenvalue weighted by Crippen LogP contribution is 2.22. The van der Waals surface area contributed by atoms with Gasteiger partial charge in [-0.15, -0.1) is 0 Å². The van der Waals surface area contributed by atoms with Crippen LogP contribution in [0.4, 0.5) is 0 Å². The highest BCUT2D eigenvalue weighted by atomic mass is 16.5. The van der Waals surface area contributed by atoms with Gasteiger partial charge in [0, 0.05) is 24.7 Å². The minimum absolute atomic E-state index is 0.0284. The van der Waals surface area contributed by atoms with Gasteiger partial charge in [0.1, 0.15) is 0 Å². The van der Waals surface area contributed by atoms with Gasteiger partial charge in [-0.2, -0.15) is 0 Å². The van der Waals surface area contributed by atoms with Gasteiger partial charge in [-0.1, -0.05) is 48.3 Å². The van der Waals surface area contributed by atoms with Crippen molar-refractivity contribution in [3.63, 3.8) is 0 Å². The Balaban J connectivity index is 1.55. The number of likely N-dealkylation sites (N-methyl/N-ethyl adjacent to an activating group) is 1. The van der Waals surface area contributed by atoms with Crippen LogP contribution in [-0.2, 0) is 4.79 Å². The van der Waals surface area contributed by atoms with Crippen LogP contribution >= 0.6 is 0 Å². The molecular formula is C18H21N3O3. The van der Waals surface area contributed by atoms with Gasteiger partial charge in [0.15, 0.2) is 11.5 Å². The summed E-state index contributed by atoms with van der Waals surface area (Å²) in [7, 11) is 1.80. The molecule has 24 heavy (non-hydrogen) atoms. The molecule has 2 aromatic rings. The number of benzene rings is 1. The Morgan fingerprint density at radius 2 is 1.96 bits per heavy atom. The summed E-state index contributed by atoms with van der Waals surface area (Å²) in [5.74, 6) is 0.0336. The van der Waals surface area contributed by atoms with Gasteiger partial charge in [0.25, 0.3) is 5.91 Å². The molecule has 0 radical (unpaired) electrons. The molecule has 2 amide bonds. The van der Waals surface area contributed by atoms with Crippen molar-refractivity contribution in [1.82, 2.24) is 15.4 Å². The molecule has 1 aliphatic rings. The molecule has 1 aromatic heterocycles. The van der Waals surface area contributed by atoms with Gasteiger partial charge < -0.3 is 14.7 Å². The molecular weight excluding hydrogens is 306 g/mol. The maximum atomic E-state index is 12.2. The summed E-state index contributed by atoms with van der Waals surface area (Å²) in [6.45, 7) is -0.0284. The minimum Gasteiger partial charge on any atom is -0.355 e. The average Bonchev–Trinajstić information content (AvgIpc) is 3.31. The zero-order valence-electron chi connectivity index (χ0n) is 13.7. The van der Waals surface area contributed by atoms with Gasteiger partial charge in [-0.3, -0.25) is 9.59 Å². The van der Waals surface area contributed by atoms with Crippen molar-refractivity contribution in [3.8, 4) is 11.3 Å². The Labute approximate surface area is 140 Å². The van der Waals surface area contributed by atoms with E-state index in [0.29, 0.717) is 11.8 Å². The topological polar surface area (TPSA) is 75.4 Å². The number of aromatic nitrogens is 1. The third-order valence-corrected chi connectivity index (χ3v) is 4.47. The van der Waals surface area contributed by atoms with Crippen LogP contribution in [0, 0.1) is 0 Å². The first-order valence-corrected chi connectivity index (χ1v) is 8.21. The molecule has 3 rings (SSSR count). The van der Waals surface area contributed by atoms with E-state index in [4.69, 9.17) is 4.52 Å². The molecule has 1 aromatic carbocycles. The predicted molar refractivity (Wildman–Crippen MR) is 89.3 cm³/mol. The first-order valence-electron chi connectivity index (χ1n) is 8.21. The maximum absolute atomic E-state index is 12.2. The van der Waals surface area contributed by atoms with Gasteiger partial charge >= 0.3 is 0 Å². The summed E-state index contributed by atoms with van der Waals surface area (Å²) in [4.78, 5) is 26.0. The Morgan fingerprint density at radius 3 is 2.67 bits per heavy atom. The second-order valence-corrected chi connectivity index (χ2v) is 6.07. The Hall–Kier alpha value is -2.63. The Morgan fingerprint density at radius 1 is 1.25 bits per heavy atom. The Bertz CT molecular complexity index is 705. The molecule has 1 fully saturated rings. The lowest BCUT2D eigenvalue weighted by molar-refractivity contribution is -0.130. The first kappa shape index (κ1) is 16.2. The second-order valence-electron chi connectivity index (χ2n) is 6.07. The Kier molecular flexibility index (Phi) is 4.93. The highest BCUT2D eigenvalue weighted by molar-refractivity contribution is 5.95. The lowest BCUT2D eigenvalue weighted by Crippen LogP contribution is -2.42. The van der Waals surface area contributed by atoms with Crippen LogP contribution in [-0.4, -0.2) is 41.5 Å². The average molecular weight is 327 g/mol. The van der Waals surface area contributed by atoms with Crippen LogP contribution < -0.4 is 5.32 Å². The van der Waals surface area contributed by atoms with Gasteiger partial charge in [-0.05, 0) is 12.8 Å². The third-order valence-electron chi connectivity index (χ3n) is 4.47. The molecule has 1 saturated carbocycles. The number of carbonyl (C=O) groups excluding carboxylic acids is 2. The van der Waals surface area contributed by atoms with Crippen molar-refractivity contribution in [3.05, 3.63) is 42.1 Å². The van der Waals surface area contributed by atoms with Crippen LogP contribution in [0.2, 0.25) is 0 Å². The second kappa shape index (κ2) is 7.29. The number of nitrogens with one attached hydrogen (secondary N) is 1. The van der Waals surface area contributed by atoms with E-state index in [0.717, 1.165) is 31.2 Å². The molecule has 1 N–H and O–H groups in total. The van der Waals surface area contributed by atoms with Gasteiger partial charge in [-0.25, -0.2) is 0 Å². The van der Waals surface area contributed by atoms with Crippen LogP contribution in [0.15, 0.2) is 40.9 Å². The molecule has 0 unspecified atom stereocenters. The molecule has 6 heteroatoms. The molecule has 1 heterocycles. The van der Waals surface area contributed by atoms with Gasteiger partial charge in [0.2, 0.25) is 5.91 Å². The highest BCUT2D eigenvalue weighted by Gasteiger charge is 2.24. The number of nitrogens with zero attached hydrogens (tertiary/aromatic N) is 2. The zero-order valence-corrected chi connectivity index (χ0v) is 13.7. The summed E-state index contributed by atoms with van der Waals surface area (Å²) >= 11 is 0. The quantitative estimate of drug-likeness (QED) is 0.915. The predicted octanol–water partition coefficient (Wildman–Crippen LogP) is 2.47. The van der Waals surface area contributed by atoms with Crippen molar-refractivity contribution < 1.29 is 14.1 Å². The van der Waals surface area contributed by atoms with E-state index in [2.05, 4.69) is 10.5 Å². The first-order chi connectivity index (χ1) is 11.6. The molecule has 126 valence electrons. The molecule has 0 aliphatic heterocycles. The molecule has 0 saturated heterocycles. The fraction of sp³-hybridized carbons (Fsp3) is 0.389. The fourth-order valence-corrected chi connectivity index (χ4v) is 2.99. The van der Waals surface area contributed by atoms with Crippen molar-refractivity contribution >= 4 is 11.8 Å². The SMILES string of the molecule is CN(C(=O)CNC(=O)c1cc(-c2ccccc2)on1)C1CCCC1. The van der Waals surface area contributed by atoms with E-state index in [1.165, 1.54) is 0 Å². The van der Waals surface area contributed by atoms with Crippen LogP contribution in [0.25, 0.3) is 11.3 Å². The van der Waals surface area contributed by atoms with Crippen LogP contribution in [0.5, 0.6) is 0 Å². The van der Waals surface area contributed by atoms with Crippen LogP contribution in [0.1, 0.15) is 36.2 Å². The lowest BCUT2D eigenvalue weighted by atomic mass is 10.1. The van der Waals surface area contributed by atoms with Crippen molar-refractivity contribution in [2.24, 2.45) is 0 Å². The lowest BCUT2D eigenvalue weighted by Gasteiger charge is -2.24. The maximum Gasteiger partial charge on any atom is 0.273 e. The summed E-state index contributed by atoms with van der Waals surface area (Å²) in [5.41, 5.74) is 1.02. The van der Waals surface area contributed by atoms with E-state index in [1.807, 2.05) is 30.3 Å². The van der Waals surface area contributed by atoms with E-state index in [-0.39, 0.29) is 18.1 Å². The number of carbonyl (C=O) groups is 2. The van der Waals surface area contributed by atoms with Crippen molar-refractivity contribution in [2.75, 3.05) is 13.6 Å².